The van der Waals surface area contributed by atoms with Gasteiger partial charge in [-0.25, -0.2) is 0 Å². The molecule has 1 aromatic carbocycles. The molecular formula is C20H33N3O4. The lowest BCUT2D eigenvalue weighted by molar-refractivity contribution is -0.120. The molecular weight excluding hydrogens is 346 g/mol. The molecule has 1 heterocycles. The molecule has 2 rings (SSSR count). The molecule has 0 aromatic heterocycles. The van der Waals surface area contributed by atoms with Gasteiger partial charge in [-0.15, -0.1) is 0 Å². The van der Waals surface area contributed by atoms with Gasteiger partial charge in [0, 0.05) is 39.0 Å². The summed E-state index contributed by atoms with van der Waals surface area (Å²) in [6, 6.07) is 7.31. The maximum absolute atomic E-state index is 11.9. The summed E-state index contributed by atoms with van der Waals surface area (Å²) in [6.07, 6.45) is 3.49. The number of likely N-dealkylation sites (tertiary alicyclic amines) is 1. The van der Waals surface area contributed by atoms with E-state index in [2.05, 4.69) is 10.2 Å². The van der Waals surface area contributed by atoms with E-state index >= 15 is 0 Å². The van der Waals surface area contributed by atoms with Crippen LogP contribution in [0.15, 0.2) is 24.3 Å². The lowest BCUT2D eigenvalue weighted by atomic mass is 10.1. The first kappa shape index (κ1) is 21.8. The van der Waals surface area contributed by atoms with Crippen LogP contribution < -0.4 is 15.8 Å². The molecule has 1 aromatic rings. The minimum Gasteiger partial charge on any atom is -0.494 e. The van der Waals surface area contributed by atoms with Gasteiger partial charge in [0.15, 0.2) is 5.78 Å². The zero-order chi connectivity index (χ0) is 19.5. The summed E-state index contributed by atoms with van der Waals surface area (Å²) < 4.78 is 5.76. The molecule has 1 aliphatic heterocycles. The molecule has 0 amide bonds. The maximum Gasteiger partial charge on any atom is 0.150 e. The van der Waals surface area contributed by atoms with E-state index in [9.17, 15) is 9.90 Å². The molecule has 0 saturated carbocycles. The molecule has 1 aliphatic rings. The molecule has 152 valence electrons. The Morgan fingerprint density at radius 3 is 3.00 bits per heavy atom. The highest BCUT2D eigenvalue weighted by atomic mass is 16.5. The summed E-state index contributed by atoms with van der Waals surface area (Å²) >= 11 is 0. The highest BCUT2D eigenvalue weighted by Gasteiger charge is 2.20. The molecule has 0 bridgehead atoms. The van der Waals surface area contributed by atoms with E-state index in [1.165, 1.54) is 0 Å². The van der Waals surface area contributed by atoms with Crippen molar-refractivity contribution in [2.75, 3.05) is 32.8 Å². The largest absolute Gasteiger partial charge is 0.494 e. The van der Waals surface area contributed by atoms with Gasteiger partial charge in [-0.2, -0.15) is 0 Å². The fourth-order valence-electron chi connectivity index (χ4n) is 3.19. The van der Waals surface area contributed by atoms with Crippen LogP contribution in [-0.2, 0) is 11.3 Å². The van der Waals surface area contributed by atoms with Crippen molar-refractivity contribution in [1.29, 1.82) is 0 Å². The zero-order valence-electron chi connectivity index (χ0n) is 16.0. The first-order chi connectivity index (χ1) is 13.1. The number of carbonyl (C=O) groups excluding carboxylic acids is 1. The first-order valence-corrected chi connectivity index (χ1v) is 9.84. The van der Waals surface area contributed by atoms with Gasteiger partial charge in [0.2, 0.25) is 0 Å². The Bertz CT molecular complexity index is 570. The van der Waals surface area contributed by atoms with E-state index in [1.54, 1.807) is 0 Å². The number of Topliss-reactive ketones (excluding diaryl/α,β-unsaturated/α-hetero) is 1. The molecule has 2 atom stereocenters. The van der Waals surface area contributed by atoms with Crippen molar-refractivity contribution in [3.05, 3.63) is 29.8 Å². The number of rotatable bonds is 12. The quantitative estimate of drug-likeness (QED) is 0.395. The number of hydrogen-bond donors (Lipinski definition) is 4. The maximum atomic E-state index is 11.9. The number of aliphatic hydroxyl groups excluding tert-OH is 2. The average molecular weight is 380 g/mol. The van der Waals surface area contributed by atoms with Crippen molar-refractivity contribution in [2.24, 2.45) is 5.73 Å². The second kappa shape index (κ2) is 12.0. The van der Waals surface area contributed by atoms with Crippen LogP contribution in [0.25, 0.3) is 0 Å². The molecule has 27 heavy (non-hydrogen) atoms. The van der Waals surface area contributed by atoms with E-state index in [1.807, 2.05) is 24.3 Å². The summed E-state index contributed by atoms with van der Waals surface area (Å²) in [4.78, 5) is 14.0. The minimum atomic E-state index is -0.535. The average Bonchev–Trinajstić information content (AvgIpc) is 2.67. The second-order valence-corrected chi connectivity index (χ2v) is 7.03. The van der Waals surface area contributed by atoms with Crippen LogP contribution in [0, 0.1) is 0 Å². The number of carbonyl (C=O) groups is 1. The third kappa shape index (κ3) is 7.94. The van der Waals surface area contributed by atoms with Crippen molar-refractivity contribution in [3.63, 3.8) is 0 Å². The van der Waals surface area contributed by atoms with Crippen LogP contribution >= 0.6 is 0 Å². The van der Waals surface area contributed by atoms with Gasteiger partial charge in [0.05, 0.1) is 19.3 Å². The Hall–Kier alpha value is -1.51. The van der Waals surface area contributed by atoms with Crippen molar-refractivity contribution in [2.45, 2.75) is 50.9 Å². The Kier molecular flexibility index (Phi) is 9.72. The van der Waals surface area contributed by atoms with Gasteiger partial charge in [0.25, 0.3) is 0 Å². The van der Waals surface area contributed by atoms with E-state index in [0.717, 1.165) is 37.1 Å². The Morgan fingerprint density at radius 1 is 1.37 bits per heavy atom. The molecule has 1 saturated heterocycles. The van der Waals surface area contributed by atoms with E-state index in [-0.39, 0.29) is 18.6 Å². The van der Waals surface area contributed by atoms with Crippen LogP contribution in [0.3, 0.4) is 0 Å². The smallest absolute Gasteiger partial charge is 0.150 e. The summed E-state index contributed by atoms with van der Waals surface area (Å²) in [5.74, 6) is 0.750. The number of ether oxygens (including phenoxy) is 1. The molecule has 1 fully saturated rings. The molecule has 0 spiro atoms. The summed E-state index contributed by atoms with van der Waals surface area (Å²) in [5.41, 5.74) is 7.02. The van der Waals surface area contributed by atoms with Crippen LogP contribution in [-0.4, -0.2) is 66.0 Å². The number of nitrogens with zero attached hydrogens (tertiary/aromatic N) is 1. The highest BCUT2D eigenvalue weighted by Crippen LogP contribution is 2.20. The summed E-state index contributed by atoms with van der Waals surface area (Å²) in [5, 5.41) is 21.7. The summed E-state index contributed by atoms with van der Waals surface area (Å²) in [6.45, 7) is 3.07. The van der Waals surface area contributed by atoms with Crippen LogP contribution in [0.1, 0.15) is 37.7 Å². The number of aliphatic hydroxyl groups is 2. The first-order valence-electron chi connectivity index (χ1n) is 9.84. The van der Waals surface area contributed by atoms with E-state index in [4.69, 9.17) is 15.6 Å². The second-order valence-electron chi connectivity index (χ2n) is 7.03. The lowest BCUT2D eigenvalue weighted by Gasteiger charge is -2.32. The predicted octanol–water partition coefficient (Wildman–Crippen LogP) is 0.628. The Balaban J connectivity index is 1.71. The van der Waals surface area contributed by atoms with Crippen LogP contribution in [0.5, 0.6) is 5.75 Å². The number of hydrogen-bond acceptors (Lipinski definition) is 7. The zero-order valence-corrected chi connectivity index (χ0v) is 16.0. The monoisotopic (exact) mass is 379 g/mol. The SMILES string of the molecule is NC(CCOc1cccc(CN2CCCCC2O)c1)C(=O)CCNCCO. The number of piperidine rings is 1. The van der Waals surface area contributed by atoms with Crippen molar-refractivity contribution in [3.8, 4) is 5.75 Å². The Morgan fingerprint density at radius 2 is 2.22 bits per heavy atom. The molecule has 7 heteroatoms. The van der Waals surface area contributed by atoms with Gasteiger partial charge < -0.3 is 26.0 Å². The van der Waals surface area contributed by atoms with Crippen LogP contribution in [0.4, 0.5) is 0 Å². The Labute approximate surface area is 161 Å². The topological polar surface area (TPSA) is 108 Å². The molecule has 0 radical (unpaired) electrons. The van der Waals surface area contributed by atoms with E-state index in [0.29, 0.717) is 39.1 Å². The van der Waals surface area contributed by atoms with Crippen molar-refractivity contribution < 1.29 is 19.7 Å². The minimum absolute atomic E-state index is 0.00289. The number of nitrogens with two attached hydrogens (primary N) is 1. The molecule has 0 aliphatic carbocycles. The predicted molar refractivity (Wildman–Crippen MR) is 104 cm³/mol. The fraction of sp³-hybridized carbons (Fsp3) is 0.650. The van der Waals surface area contributed by atoms with E-state index < -0.39 is 6.04 Å². The normalized spacial score (nSPS) is 19.0. The van der Waals surface area contributed by atoms with Gasteiger partial charge in [0.1, 0.15) is 12.0 Å². The van der Waals surface area contributed by atoms with Gasteiger partial charge in [-0.05, 0) is 37.0 Å². The molecule has 5 N–H and O–H groups in total. The third-order valence-corrected chi connectivity index (χ3v) is 4.81. The van der Waals surface area contributed by atoms with Gasteiger partial charge in [-0.3, -0.25) is 9.69 Å². The third-order valence-electron chi connectivity index (χ3n) is 4.81. The molecule has 7 nitrogen and oxygen atoms in total. The van der Waals surface area contributed by atoms with Crippen LogP contribution in [0.2, 0.25) is 0 Å². The lowest BCUT2D eigenvalue weighted by Crippen LogP contribution is -2.38. The fourth-order valence-corrected chi connectivity index (χ4v) is 3.19. The molecule has 2 unspecified atom stereocenters. The summed E-state index contributed by atoms with van der Waals surface area (Å²) in [7, 11) is 0. The van der Waals surface area contributed by atoms with Gasteiger partial charge in [-0.1, -0.05) is 12.1 Å². The number of benzene rings is 1. The standard InChI is InChI=1S/C20H33N3O4/c21-18(19(25)7-9-22-10-12-24)8-13-27-17-5-3-4-16(14-17)15-23-11-2-1-6-20(23)26/h3-5,14,18,20,22,24,26H,1-2,6-13,15,21H2. The number of ketones is 1. The van der Waals surface area contributed by atoms with Gasteiger partial charge >= 0.3 is 0 Å². The number of nitrogens with one attached hydrogen (secondary N) is 1. The van der Waals surface area contributed by atoms with Crippen molar-refractivity contribution in [1.82, 2.24) is 10.2 Å². The van der Waals surface area contributed by atoms with Crippen molar-refractivity contribution >= 4 is 5.78 Å². The highest BCUT2D eigenvalue weighted by molar-refractivity contribution is 5.83.